The van der Waals surface area contributed by atoms with Gasteiger partial charge in [0.05, 0.1) is 6.20 Å². The summed E-state index contributed by atoms with van der Waals surface area (Å²) in [5.41, 5.74) is 3.03. The molecule has 0 spiro atoms. The standard InChI is InChI=1S/C14H22ClN5/c1-13(2)8-4-5-14(3,6-8)11(13)18-10-9(15)7-17-12(19-10)20-16/h7-8,11H,4-6,16H2,1-3H3,(H2,17,18,19,20). The number of nitrogens with one attached hydrogen (secondary N) is 2. The maximum absolute atomic E-state index is 6.22. The van der Waals surface area contributed by atoms with Crippen molar-refractivity contribution in [2.45, 2.75) is 46.1 Å². The van der Waals surface area contributed by atoms with E-state index in [0.717, 1.165) is 5.92 Å². The van der Waals surface area contributed by atoms with Gasteiger partial charge < -0.3 is 5.32 Å². The van der Waals surface area contributed by atoms with E-state index in [4.69, 9.17) is 17.4 Å². The van der Waals surface area contributed by atoms with Crippen LogP contribution in [0.3, 0.4) is 0 Å². The molecule has 0 amide bonds. The second kappa shape index (κ2) is 4.46. The third-order valence-corrected chi connectivity index (χ3v) is 5.70. The van der Waals surface area contributed by atoms with Crippen molar-refractivity contribution in [3.05, 3.63) is 11.2 Å². The van der Waals surface area contributed by atoms with E-state index in [1.807, 2.05) is 0 Å². The maximum atomic E-state index is 6.22. The lowest BCUT2D eigenvalue weighted by Crippen LogP contribution is -2.46. The van der Waals surface area contributed by atoms with E-state index in [2.05, 4.69) is 41.5 Å². The minimum atomic E-state index is 0.248. The Balaban J connectivity index is 1.91. The van der Waals surface area contributed by atoms with Gasteiger partial charge in [-0.2, -0.15) is 4.98 Å². The molecule has 0 aliphatic heterocycles. The Morgan fingerprint density at radius 1 is 1.40 bits per heavy atom. The Bertz CT molecular complexity index is 528. The van der Waals surface area contributed by atoms with E-state index in [1.54, 1.807) is 6.20 Å². The molecular formula is C14H22ClN5. The number of fused-ring (bicyclic) bond motifs is 2. The van der Waals surface area contributed by atoms with Crippen LogP contribution in [-0.2, 0) is 0 Å². The molecule has 20 heavy (non-hydrogen) atoms. The van der Waals surface area contributed by atoms with E-state index in [-0.39, 0.29) is 5.41 Å². The molecule has 2 aliphatic rings. The van der Waals surface area contributed by atoms with Crippen LogP contribution in [0.5, 0.6) is 0 Å². The Morgan fingerprint density at radius 2 is 2.15 bits per heavy atom. The Hall–Kier alpha value is -1.07. The quantitative estimate of drug-likeness (QED) is 0.590. The Labute approximate surface area is 124 Å². The molecule has 2 aliphatic carbocycles. The SMILES string of the molecule is CC12CCC(C1)C(C)(C)C2Nc1nc(NN)ncc1Cl. The number of nitrogens with zero attached hydrogens (tertiary/aromatic N) is 2. The summed E-state index contributed by atoms with van der Waals surface area (Å²) in [6.07, 6.45) is 5.45. The van der Waals surface area contributed by atoms with Gasteiger partial charge in [-0.3, -0.25) is 5.43 Å². The molecule has 0 radical (unpaired) electrons. The summed E-state index contributed by atoms with van der Waals surface area (Å²) < 4.78 is 0. The summed E-state index contributed by atoms with van der Waals surface area (Å²) in [7, 11) is 0. The first kappa shape index (κ1) is 13.9. The van der Waals surface area contributed by atoms with Crippen LogP contribution in [0.15, 0.2) is 6.20 Å². The molecule has 3 atom stereocenters. The average molecular weight is 296 g/mol. The largest absolute Gasteiger partial charge is 0.365 e. The van der Waals surface area contributed by atoms with Crippen LogP contribution < -0.4 is 16.6 Å². The van der Waals surface area contributed by atoms with Crippen LogP contribution in [-0.4, -0.2) is 16.0 Å². The molecule has 2 saturated carbocycles. The molecule has 5 nitrogen and oxygen atoms in total. The van der Waals surface area contributed by atoms with Gasteiger partial charge in [0, 0.05) is 6.04 Å². The van der Waals surface area contributed by atoms with E-state index < -0.39 is 0 Å². The van der Waals surface area contributed by atoms with Crippen molar-refractivity contribution >= 4 is 23.4 Å². The molecule has 2 fully saturated rings. The highest BCUT2D eigenvalue weighted by Crippen LogP contribution is 2.63. The molecule has 3 rings (SSSR count). The van der Waals surface area contributed by atoms with Crippen molar-refractivity contribution in [3.63, 3.8) is 0 Å². The van der Waals surface area contributed by atoms with Crippen molar-refractivity contribution in [1.29, 1.82) is 0 Å². The van der Waals surface area contributed by atoms with Crippen molar-refractivity contribution in [2.24, 2.45) is 22.6 Å². The van der Waals surface area contributed by atoms with E-state index >= 15 is 0 Å². The molecule has 6 heteroatoms. The topological polar surface area (TPSA) is 75.9 Å². The molecule has 4 N–H and O–H groups in total. The third kappa shape index (κ3) is 1.95. The van der Waals surface area contributed by atoms with Crippen LogP contribution in [0.25, 0.3) is 0 Å². The smallest absolute Gasteiger partial charge is 0.239 e. The maximum Gasteiger partial charge on any atom is 0.239 e. The molecule has 0 saturated heterocycles. The zero-order chi connectivity index (χ0) is 14.5. The molecule has 1 aromatic heterocycles. The highest BCUT2D eigenvalue weighted by Gasteiger charge is 2.59. The number of hydrogen-bond acceptors (Lipinski definition) is 5. The lowest BCUT2D eigenvalue weighted by Gasteiger charge is -2.43. The van der Waals surface area contributed by atoms with Crippen LogP contribution >= 0.6 is 11.6 Å². The van der Waals surface area contributed by atoms with Gasteiger partial charge in [-0.05, 0) is 36.0 Å². The van der Waals surface area contributed by atoms with Crippen molar-refractivity contribution in [1.82, 2.24) is 9.97 Å². The molecule has 1 heterocycles. The summed E-state index contributed by atoms with van der Waals surface area (Å²) >= 11 is 6.22. The lowest BCUT2D eigenvalue weighted by atomic mass is 9.68. The number of halogens is 1. The summed E-state index contributed by atoms with van der Waals surface area (Å²) in [6, 6.07) is 0.367. The van der Waals surface area contributed by atoms with E-state index in [9.17, 15) is 0 Å². The predicted octanol–water partition coefficient (Wildman–Crippen LogP) is 3.04. The van der Waals surface area contributed by atoms with Gasteiger partial charge in [-0.15, -0.1) is 0 Å². The van der Waals surface area contributed by atoms with Crippen molar-refractivity contribution < 1.29 is 0 Å². The summed E-state index contributed by atoms with van der Waals surface area (Å²) in [6.45, 7) is 7.06. The highest BCUT2D eigenvalue weighted by atomic mass is 35.5. The molecule has 0 aromatic carbocycles. The fourth-order valence-corrected chi connectivity index (χ4v) is 4.48. The van der Waals surface area contributed by atoms with Gasteiger partial charge >= 0.3 is 0 Å². The molecule has 1 aromatic rings. The van der Waals surface area contributed by atoms with Gasteiger partial charge in [0.2, 0.25) is 5.95 Å². The van der Waals surface area contributed by atoms with Gasteiger partial charge in [0.1, 0.15) is 5.02 Å². The molecule has 2 bridgehead atoms. The fourth-order valence-electron chi connectivity index (χ4n) is 4.34. The number of nitrogen functional groups attached to an aromatic ring is 1. The third-order valence-electron chi connectivity index (χ3n) is 5.42. The lowest BCUT2D eigenvalue weighted by molar-refractivity contribution is 0.155. The Kier molecular flexibility index (Phi) is 3.10. The monoisotopic (exact) mass is 295 g/mol. The van der Waals surface area contributed by atoms with Gasteiger partial charge in [0.25, 0.3) is 0 Å². The fraction of sp³-hybridized carbons (Fsp3) is 0.714. The minimum absolute atomic E-state index is 0.248. The van der Waals surface area contributed by atoms with Gasteiger partial charge in [0.15, 0.2) is 5.82 Å². The summed E-state index contributed by atoms with van der Waals surface area (Å²) in [4.78, 5) is 8.36. The average Bonchev–Trinajstić information content (AvgIpc) is 2.88. The molecule has 110 valence electrons. The number of aromatic nitrogens is 2. The highest BCUT2D eigenvalue weighted by molar-refractivity contribution is 6.32. The number of anilines is 2. The van der Waals surface area contributed by atoms with Crippen molar-refractivity contribution in [2.75, 3.05) is 10.7 Å². The summed E-state index contributed by atoms with van der Waals surface area (Å²) in [5, 5.41) is 4.10. The van der Waals surface area contributed by atoms with E-state index in [1.165, 1.54) is 19.3 Å². The first-order chi connectivity index (χ1) is 9.37. The first-order valence-corrected chi connectivity index (χ1v) is 7.50. The zero-order valence-corrected chi connectivity index (χ0v) is 13.0. The van der Waals surface area contributed by atoms with Crippen LogP contribution in [0.4, 0.5) is 11.8 Å². The minimum Gasteiger partial charge on any atom is -0.365 e. The predicted molar refractivity (Wildman–Crippen MR) is 81.5 cm³/mol. The number of rotatable bonds is 3. The van der Waals surface area contributed by atoms with Crippen molar-refractivity contribution in [3.8, 4) is 0 Å². The second-order valence-electron chi connectivity index (χ2n) is 7.03. The number of hydrogen-bond donors (Lipinski definition) is 3. The van der Waals surface area contributed by atoms with Gasteiger partial charge in [-0.1, -0.05) is 32.4 Å². The van der Waals surface area contributed by atoms with E-state index in [0.29, 0.717) is 28.2 Å². The molecular weight excluding hydrogens is 274 g/mol. The summed E-state index contributed by atoms with van der Waals surface area (Å²) in [5.74, 6) is 7.19. The van der Waals surface area contributed by atoms with Crippen LogP contribution in [0, 0.1) is 16.7 Å². The second-order valence-corrected chi connectivity index (χ2v) is 7.43. The first-order valence-electron chi connectivity index (χ1n) is 7.12. The normalized spacial score (nSPS) is 34.2. The zero-order valence-electron chi connectivity index (χ0n) is 12.2. The number of nitrogens with two attached hydrogens (primary N) is 1. The van der Waals surface area contributed by atoms with Crippen LogP contribution in [0.2, 0.25) is 5.02 Å². The Morgan fingerprint density at radius 3 is 2.75 bits per heavy atom. The molecule has 3 unspecified atom stereocenters. The van der Waals surface area contributed by atoms with Crippen LogP contribution in [0.1, 0.15) is 40.0 Å². The van der Waals surface area contributed by atoms with Gasteiger partial charge in [-0.25, -0.2) is 10.8 Å². The number of hydrazine groups is 1.